The standard InChI is InChI=1S/C17H19NO3/c1-12(14-4-5-14)8-9-18-17(19)7-3-13-2-6-15-16(10-13)21-11-20-15/h2-3,6-7,10H,4-5,8-9,11H2,1H3,(H,18,19)/b7-3+. The Kier molecular flexibility index (Phi) is 3.95. The lowest BCUT2D eigenvalue weighted by Crippen LogP contribution is -2.22. The van der Waals surface area contributed by atoms with Crippen LogP contribution in [0.5, 0.6) is 11.5 Å². The van der Waals surface area contributed by atoms with E-state index in [0.29, 0.717) is 6.54 Å². The lowest BCUT2D eigenvalue weighted by molar-refractivity contribution is -0.116. The van der Waals surface area contributed by atoms with Gasteiger partial charge in [0.25, 0.3) is 0 Å². The number of amides is 1. The number of fused-ring (bicyclic) bond motifs is 1. The largest absolute Gasteiger partial charge is 0.454 e. The van der Waals surface area contributed by atoms with Gasteiger partial charge in [0.2, 0.25) is 12.7 Å². The third-order valence-electron chi connectivity index (χ3n) is 3.73. The van der Waals surface area contributed by atoms with Crippen LogP contribution in [-0.4, -0.2) is 19.2 Å². The second-order valence-electron chi connectivity index (χ2n) is 5.37. The van der Waals surface area contributed by atoms with Gasteiger partial charge in [-0.05, 0) is 50.0 Å². The summed E-state index contributed by atoms with van der Waals surface area (Å²) in [7, 11) is 0. The Morgan fingerprint density at radius 3 is 2.90 bits per heavy atom. The van der Waals surface area contributed by atoms with E-state index in [9.17, 15) is 4.79 Å². The van der Waals surface area contributed by atoms with Gasteiger partial charge in [0.15, 0.2) is 11.5 Å². The minimum atomic E-state index is -0.0683. The third-order valence-corrected chi connectivity index (χ3v) is 3.73. The van der Waals surface area contributed by atoms with Gasteiger partial charge in [-0.15, -0.1) is 0 Å². The smallest absolute Gasteiger partial charge is 0.244 e. The topological polar surface area (TPSA) is 47.6 Å². The number of benzene rings is 1. The molecule has 21 heavy (non-hydrogen) atoms. The van der Waals surface area contributed by atoms with E-state index in [1.54, 1.807) is 17.7 Å². The van der Waals surface area contributed by atoms with Crippen molar-refractivity contribution in [2.45, 2.75) is 26.2 Å². The zero-order valence-electron chi connectivity index (χ0n) is 12.1. The van der Waals surface area contributed by atoms with Crippen molar-refractivity contribution in [3.63, 3.8) is 0 Å². The molecule has 4 heteroatoms. The molecule has 3 rings (SSSR count). The van der Waals surface area contributed by atoms with Crippen LogP contribution in [0, 0.1) is 0 Å². The molecule has 0 aromatic heterocycles. The van der Waals surface area contributed by atoms with Gasteiger partial charge in [0, 0.05) is 12.6 Å². The lowest BCUT2D eigenvalue weighted by atomic mass is 10.2. The Morgan fingerprint density at radius 2 is 2.10 bits per heavy atom. The zero-order valence-corrected chi connectivity index (χ0v) is 12.1. The van der Waals surface area contributed by atoms with Crippen molar-refractivity contribution >= 4 is 12.0 Å². The van der Waals surface area contributed by atoms with Crippen LogP contribution in [0.4, 0.5) is 0 Å². The van der Waals surface area contributed by atoms with E-state index in [0.717, 1.165) is 23.5 Å². The van der Waals surface area contributed by atoms with Gasteiger partial charge in [-0.1, -0.05) is 17.2 Å². The molecule has 1 aliphatic carbocycles. The molecule has 0 radical (unpaired) electrons. The molecule has 0 saturated heterocycles. The molecule has 0 unspecified atom stereocenters. The molecule has 1 heterocycles. The van der Waals surface area contributed by atoms with Gasteiger partial charge in [-0.2, -0.15) is 0 Å². The first-order valence-electron chi connectivity index (χ1n) is 7.25. The molecule has 1 saturated carbocycles. The first-order chi connectivity index (χ1) is 10.2. The monoisotopic (exact) mass is 285 g/mol. The Hall–Kier alpha value is -2.23. The van der Waals surface area contributed by atoms with Gasteiger partial charge in [0.1, 0.15) is 0 Å². The molecule has 110 valence electrons. The number of rotatable bonds is 5. The summed E-state index contributed by atoms with van der Waals surface area (Å²) < 4.78 is 10.6. The van der Waals surface area contributed by atoms with Crippen LogP contribution < -0.4 is 14.8 Å². The normalized spacial score (nSPS) is 15.4. The van der Waals surface area contributed by atoms with Crippen LogP contribution in [0.25, 0.3) is 6.08 Å². The maximum atomic E-state index is 11.7. The van der Waals surface area contributed by atoms with Gasteiger partial charge in [-0.25, -0.2) is 0 Å². The molecule has 0 spiro atoms. The zero-order chi connectivity index (χ0) is 14.7. The van der Waals surface area contributed by atoms with Crippen molar-refractivity contribution in [3.05, 3.63) is 41.0 Å². The third kappa shape index (κ3) is 3.66. The van der Waals surface area contributed by atoms with Crippen molar-refractivity contribution in [3.8, 4) is 11.5 Å². The summed E-state index contributed by atoms with van der Waals surface area (Å²) in [4.78, 5) is 11.7. The van der Waals surface area contributed by atoms with Gasteiger partial charge < -0.3 is 14.8 Å². The van der Waals surface area contributed by atoms with E-state index >= 15 is 0 Å². The highest BCUT2D eigenvalue weighted by molar-refractivity contribution is 5.91. The van der Waals surface area contributed by atoms with Crippen molar-refractivity contribution < 1.29 is 14.3 Å². The summed E-state index contributed by atoms with van der Waals surface area (Å²) in [6.07, 6.45) is 6.76. The average molecular weight is 285 g/mol. The summed E-state index contributed by atoms with van der Waals surface area (Å²) in [5.41, 5.74) is 3.90. The quantitative estimate of drug-likeness (QED) is 0.668. The minimum absolute atomic E-state index is 0.0683. The number of carbonyl (C=O) groups is 1. The number of allylic oxidation sites excluding steroid dienone is 1. The molecule has 1 aliphatic heterocycles. The highest BCUT2D eigenvalue weighted by atomic mass is 16.7. The van der Waals surface area contributed by atoms with Crippen molar-refractivity contribution in [1.82, 2.24) is 5.32 Å². The maximum absolute atomic E-state index is 11.7. The number of ether oxygens (including phenoxy) is 2. The van der Waals surface area contributed by atoms with Crippen LogP contribution >= 0.6 is 0 Å². The first kappa shape index (κ1) is 13.7. The van der Waals surface area contributed by atoms with Gasteiger partial charge in [-0.3, -0.25) is 4.79 Å². The van der Waals surface area contributed by atoms with E-state index in [2.05, 4.69) is 12.2 Å². The highest BCUT2D eigenvalue weighted by Gasteiger charge is 2.14. The number of carbonyl (C=O) groups excluding carboxylic acids is 1. The predicted molar refractivity (Wildman–Crippen MR) is 81.2 cm³/mol. The van der Waals surface area contributed by atoms with E-state index in [-0.39, 0.29) is 12.7 Å². The van der Waals surface area contributed by atoms with Crippen LogP contribution in [0.1, 0.15) is 31.7 Å². The van der Waals surface area contributed by atoms with E-state index in [4.69, 9.17) is 9.47 Å². The summed E-state index contributed by atoms with van der Waals surface area (Å²) in [5.74, 6) is 1.41. The second kappa shape index (κ2) is 6.04. The first-order valence-corrected chi connectivity index (χ1v) is 7.25. The summed E-state index contributed by atoms with van der Waals surface area (Å²) in [6.45, 7) is 3.11. The van der Waals surface area contributed by atoms with E-state index in [1.165, 1.54) is 18.4 Å². The molecule has 1 amide bonds. The molecule has 0 atom stereocenters. The van der Waals surface area contributed by atoms with Crippen molar-refractivity contribution in [1.29, 1.82) is 0 Å². The molecule has 1 N–H and O–H groups in total. The van der Waals surface area contributed by atoms with Gasteiger partial charge >= 0.3 is 0 Å². The molecule has 1 aromatic carbocycles. The molecule has 4 nitrogen and oxygen atoms in total. The molecule has 1 fully saturated rings. The lowest BCUT2D eigenvalue weighted by Gasteiger charge is -2.02. The number of nitrogens with one attached hydrogen (secondary N) is 1. The second-order valence-corrected chi connectivity index (χ2v) is 5.37. The summed E-state index contributed by atoms with van der Waals surface area (Å²) in [6, 6.07) is 5.62. The van der Waals surface area contributed by atoms with Crippen molar-refractivity contribution in [2.75, 3.05) is 13.3 Å². The van der Waals surface area contributed by atoms with Crippen LogP contribution in [0.15, 0.2) is 35.4 Å². The van der Waals surface area contributed by atoms with Gasteiger partial charge in [0.05, 0.1) is 0 Å². The Bertz CT molecular complexity index is 610. The fourth-order valence-electron chi connectivity index (χ4n) is 2.29. The number of hydrogen-bond acceptors (Lipinski definition) is 3. The Balaban J connectivity index is 1.48. The average Bonchev–Trinajstić information content (AvgIpc) is 3.23. The van der Waals surface area contributed by atoms with Crippen molar-refractivity contribution in [2.24, 2.45) is 0 Å². The summed E-state index contributed by atoms with van der Waals surface area (Å²) in [5, 5.41) is 2.90. The SMILES string of the molecule is CC(CCNC(=O)/C=C/c1ccc2c(c1)OCO2)=C1CC1. The van der Waals surface area contributed by atoms with Crippen LogP contribution in [-0.2, 0) is 4.79 Å². The summed E-state index contributed by atoms with van der Waals surface area (Å²) >= 11 is 0. The molecular formula is C17H19NO3. The van der Waals surface area contributed by atoms with E-state index in [1.807, 2.05) is 18.2 Å². The molecular weight excluding hydrogens is 266 g/mol. The fraction of sp³-hybridized carbons (Fsp3) is 0.353. The molecule has 1 aromatic rings. The molecule has 2 aliphatic rings. The minimum Gasteiger partial charge on any atom is -0.454 e. The Morgan fingerprint density at radius 1 is 1.29 bits per heavy atom. The Labute approximate surface area is 124 Å². The highest BCUT2D eigenvalue weighted by Crippen LogP contribution is 2.33. The van der Waals surface area contributed by atoms with Crippen LogP contribution in [0.3, 0.4) is 0 Å². The predicted octanol–water partition coefficient (Wildman–Crippen LogP) is 3.05. The van der Waals surface area contributed by atoms with E-state index < -0.39 is 0 Å². The number of hydrogen-bond donors (Lipinski definition) is 1. The fourth-order valence-corrected chi connectivity index (χ4v) is 2.29. The molecule has 0 bridgehead atoms. The maximum Gasteiger partial charge on any atom is 0.244 e. The van der Waals surface area contributed by atoms with Crippen LogP contribution in [0.2, 0.25) is 0 Å².